The number of para-hydroxylation sites is 2. The van der Waals surface area contributed by atoms with Crippen molar-refractivity contribution < 1.29 is 19.1 Å². The molecule has 0 bridgehead atoms. The summed E-state index contributed by atoms with van der Waals surface area (Å²) in [5.74, 6) is -1.82. The van der Waals surface area contributed by atoms with Gasteiger partial charge in [0.05, 0.1) is 17.5 Å². The van der Waals surface area contributed by atoms with Crippen molar-refractivity contribution in [3.05, 3.63) is 124 Å². The van der Waals surface area contributed by atoms with E-state index in [1.807, 2.05) is 49.4 Å². The summed E-state index contributed by atoms with van der Waals surface area (Å²) >= 11 is 3.41. The molecule has 0 saturated heterocycles. The smallest absolute Gasteiger partial charge is 0.329 e. The number of halogens is 1. The van der Waals surface area contributed by atoms with E-state index in [1.165, 1.54) is 12.3 Å². The van der Waals surface area contributed by atoms with Crippen molar-refractivity contribution in [2.45, 2.75) is 13.5 Å². The molecule has 0 saturated carbocycles. The molecule has 196 valence electrons. The molecule has 8 nitrogen and oxygen atoms in total. The highest BCUT2D eigenvalue weighted by atomic mass is 79.9. The van der Waals surface area contributed by atoms with Crippen molar-refractivity contribution in [3.8, 4) is 5.75 Å². The molecule has 9 heteroatoms. The molecule has 0 heterocycles. The Morgan fingerprint density at radius 3 is 2.28 bits per heavy atom. The zero-order valence-corrected chi connectivity index (χ0v) is 22.6. The minimum atomic E-state index is -0.992. The van der Waals surface area contributed by atoms with Gasteiger partial charge in [0.2, 0.25) is 0 Å². The van der Waals surface area contributed by atoms with Crippen molar-refractivity contribution in [3.63, 3.8) is 0 Å². The van der Waals surface area contributed by atoms with Gasteiger partial charge in [-0.15, -0.1) is 0 Å². The Labute approximate surface area is 234 Å². The molecule has 0 aliphatic carbocycles. The van der Waals surface area contributed by atoms with Gasteiger partial charge in [-0.1, -0.05) is 70.0 Å². The van der Waals surface area contributed by atoms with E-state index in [0.717, 1.165) is 15.6 Å². The van der Waals surface area contributed by atoms with Gasteiger partial charge in [-0.25, -0.2) is 5.43 Å². The van der Waals surface area contributed by atoms with Crippen molar-refractivity contribution in [1.29, 1.82) is 0 Å². The summed E-state index contributed by atoms with van der Waals surface area (Å²) in [6, 6.07) is 28.7. The molecule has 0 unspecified atom stereocenters. The van der Waals surface area contributed by atoms with E-state index >= 15 is 0 Å². The van der Waals surface area contributed by atoms with Crippen LogP contribution in [0.2, 0.25) is 0 Å². The monoisotopic (exact) mass is 584 g/mol. The summed E-state index contributed by atoms with van der Waals surface area (Å²) in [5, 5.41) is 9.16. The van der Waals surface area contributed by atoms with Gasteiger partial charge in [0.25, 0.3) is 5.91 Å². The van der Waals surface area contributed by atoms with Gasteiger partial charge >= 0.3 is 11.8 Å². The quantitative estimate of drug-likeness (QED) is 0.141. The molecular formula is C30H25BrN4O4. The van der Waals surface area contributed by atoms with Gasteiger partial charge in [0.15, 0.2) is 0 Å². The number of aryl methyl sites for hydroxylation is 1. The number of ether oxygens (including phenoxy) is 1. The van der Waals surface area contributed by atoms with E-state index in [2.05, 4.69) is 37.1 Å². The number of hydrogen-bond acceptors (Lipinski definition) is 5. The maximum atomic E-state index is 12.8. The first-order valence-corrected chi connectivity index (χ1v) is 12.8. The van der Waals surface area contributed by atoms with Gasteiger partial charge in [0, 0.05) is 15.7 Å². The Kier molecular flexibility index (Phi) is 9.20. The molecule has 4 aromatic carbocycles. The topological polar surface area (TPSA) is 109 Å². The van der Waals surface area contributed by atoms with E-state index in [1.54, 1.807) is 48.5 Å². The first-order chi connectivity index (χ1) is 18.9. The Balaban J connectivity index is 1.35. The average molecular weight is 585 g/mol. The summed E-state index contributed by atoms with van der Waals surface area (Å²) < 4.78 is 6.87. The Morgan fingerprint density at radius 2 is 1.51 bits per heavy atom. The van der Waals surface area contributed by atoms with E-state index in [-0.39, 0.29) is 11.3 Å². The molecule has 0 aromatic heterocycles. The fourth-order valence-corrected chi connectivity index (χ4v) is 3.74. The van der Waals surface area contributed by atoms with Gasteiger partial charge in [0.1, 0.15) is 12.4 Å². The van der Waals surface area contributed by atoms with E-state index in [0.29, 0.717) is 23.6 Å². The number of carbonyl (C=O) groups is 3. The highest BCUT2D eigenvalue weighted by Gasteiger charge is 2.18. The summed E-state index contributed by atoms with van der Waals surface area (Å²) in [6.45, 7) is 2.30. The molecule has 0 spiro atoms. The minimum Gasteiger partial charge on any atom is -0.488 e. The molecule has 0 radical (unpaired) electrons. The van der Waals surface area contributed by atoms with Gasteiger partial charge in [-0.05, 0) is 61.0 Å². The van der Waals surface area contributed by atoms with Crippen molar-refractivity contribution in [2.75, 3.05) is 10.6 Å². The Hall–Kier alpha value is -4.76. The van der Waals surface area contributed by atoms with Crippen LogP contribution in [0.15, 0.2) is 107 Å². The number of hydrazone groups is 1. The predicted octanol–water partition coefficient (Wildman–Crippen LogP) is 5.68. The predicted molar refractivity (Wildman–Crippen MR) is 155 cm³/mol. The SMILES string of the molecule is Cc1ccc(NC(=O)c2ccccc2NC(=O)C(=O)N/N=C/c2ccccc2OCc2ccc(Br)cc2)cc1. The third-order valence-corrected chi connectivity index (χ3v) is 6.06. The summed E-state index contributed by atoms with van der Waals surface area (Å²) in [7, 11) is 0. The maximum absolute atomic E-state index is 12.8. The third kappa shape index (κ3) is 7.86. The molecule has 0 fully saturated rings. The number of amides is 3. The van der Waals surface area contributed by atoms with Gasteiger partial charge < -0.3 is 15.4 Å². The lowest BCUT2D eigenvalue weighted by molar-refractivity contribution is -0.136. The van der Waals surface area contributed by atoms with Crippen LogP contribution in [0, 0.1) is 6.92 Å². The fraction of sp³-hybridized carbons (Fsp3) is 0.0667. The molecule has 4 rings (SSSR count). The number of carbonyl (C=O) groups excluding carboxylic acids is 3. The molecule has 3 amide bonds. The zero-order valence-electron chi connectivity index (χ0n) is 21.0. The van der Waals surface area contributed by atoms with E-state index in [9.17, 15) is 14.4 Å². The van der Waals surface area contributed by atoms with Crippen LogP contribution < -0.4 is 20.8 Å². The highest BCUT2D eigenvalue weighted by molar-refractivity contribution is 9.10. The van der Waals surface area contributed by atoms with Crippen LogP contribution in [-0.4, -0.2) is 23.9 Å². The summed E-state index contributed by atoms with van der Waals surface area (Å²) in [4.78, 5) is 37.7. The molecule has 4 aromatic rings. The molecule has 0 atom stereocenters. The molecule has 0 aliphatic heterocycles. The van der Waals surface area contributed by atoms with Crippen LogP contribution in [0.5, 0.6) is 5.75 Å². The van der Waals surface area contributed by atoms with E-state index < -0.39 is 17.7 Å². The number of hydrogen-bond donors (Lipinski definition) is 3. The molecule has 0 aliphatic rings. The first kappa shape index (κ1) is 27.3. The number of nitrogens with one attached hydrogen (secondary N) is 3. The second-order valence-corrected chi connectivity index (χ2v) is 9.39. The van der Waals surface area contributed by atoms with E-state index in [4.69, 9.17) is 4.74 Å². The minimum absolute atomic E-state index is 0.193. The summed E-state index contributed by atoms with van der Waals surface area (Å²) in [6.07, 6.45) is 1.39. The van der Waals surface area contributed by atoms with Crippen LogP contribution in [0.1, 0.15) is 27.0 Å². The number of rotatable bonds is 8. The number of anilines is 2. The maximum Gasteiger partial charge on any atom is 0.329 e. The third-order valence-electron chi connectivity index (χ3n) is 5.53. The highest BCUT2D eigenvalue weighted by Crippen LogP contribution is 2.20. The second kappa shape index (κ2) is 13.2. The largest absolute Gasteiger partial charge is 0.488 e. The first-order valence-electron chi connectivity index (χ1n) is 12.0. The van der Waals surface area contributed by atoms with Crippen molar-refractivity contribution in [2.24, 2.45) is 5.10 Å². The standard InChI is InChI=1S/C30H25BrN4O4/c1-20-10-16-24(17-11-20)33-28(36)25-7-3-4-8-26(25)34-29(37)30(38)35-32-18-22-6-2-5-9-27(22)39-19-21-12-14-23(31)15-13-21/h2-18H,19H2,1H3,(H,33,36)(H,34,37)(H,35,38)/b32-18+. The normalized spacial score (nSPS) is 10.6. The average Bonchev–Trinajstić information content (AvgIpc) is 2.94. The van der Waals surface area contributed by atoms with Crippen LogP contribution in [0.3, 0.4) is 0 Å². The number of nitrogens with zero attached hydrogens (tertiary/aromatic N) is 1. The molecule has 3 N–H and O–H groups in total. The van der Waals surface area contributed by atoms with Crippen LogP contribution in [0.25, 0.3) is 0 Å². The lowest BCUT2D eigenvalue weighted by Crippen LogP contribution is -2.33. The lowest BCUT2D eigenvalue weighted by atomic mass is 10.1. The van der Waals surface area contributed by atoms with Gasteiger partial charge in [-0.3, -0.25) is 14.4 Å². The molecule has 39 heavy (non-hydrogen) atoms. The Morgan fingerprint density at radius 1 is 0.821 bits per heavy atom. The second-order valence-electron chi connectivity index (χ2n) is 8.47. The van der Waals surface area contributed by atoms with Crippen LogP contribution >= 0.6 is 15.9 Å². The van der Waals surface area contributed by atoms with Gasteiger partial charge in [-0.2, -0.15) is 5.10 Å². The fourth-order valence-electron chi connectivity index (χ4n) is 3.48. The number of benzene rings is 4. The van der Waals surface area contributed by atoms with Crippen molar-refractivity contribution in [1.82, 2.24) is 5.43 Å². The van der Waals surface area contributed by atoms with Crippen LogP contribution in [-0.2, 0) is 16.2 Å². The zero-order chi connectivity index (χ0) is 27.6. The summed E-state index contributed by atoms with van der Waals surface area (Å²) in [5.41, 5.74) is 5.89. The Bertz CT molecular complexity index is 1500. The molecular weight excluding hydrogens is 560 g/mol. The van der Waals surface area contributed by atoms with Crippen LogP contribution in [0.4, 0.5) is 11.4 Å². The van der Waals surface area contributed by atoms with Crippen molar-refractivity contribution >= 4 is 51.2 Å². The lowest BCUT2D eigenvalue weighted by Gasteiger charge is -2.11.